The number of nitrogens with one attached hydrogen (secondary N) is 3. The molecular formula is C31H41N7O5. The molecule has 1 atom stereocenters. The number of anilines is 1. The van der Waals surface area contributed by atoms with E-state index in [0.29, 0.717) is 38.9 Å². The van der Waals surface area contributed by atoms with E-state index in [9.17, 15) is 19.2 Å². The number of nitrogens with zero attached hydrogens (tertiary/aromatic N) is 4. The third-order valence-corrected chi connectivity index (χ3v) is 8.12. The Balaban J connectivity index is 1.07. The van der Waals surface area contributed by atoms with Crippen molar-refractivity contribution in [3.63, 3.8) is 0 Å². The molecule has 2 fully saturated rings. The van der Waals surface area contributed by atoms with Crippen LogP contribution in [-0.2, 0) is 22.4 Å². The van der Waals surface area contributed by atoms with Gasteiger partial charge >= 0.3 is 12.1 Å². The van der Waals surface area contributed by atoms with E-state index in [4.69, 9.17) is 4.74 Å². The molecule has 3 aliphatic rings. The molecule has 0 unspecified atom stereocenters. The van der Waals surface area contributed by atoms with E-state index in [1.165, 1.54) is 28.4 Å². The zero-order valence-electron chi connectivity index (χ0n) is 25.1. The quantitative estimate of drug-likeness (QED) is 0.446. The topological polar surface area (TPSA) is 146 Å². The van der Waals surface area contributed by atoms with Crippen LogP contribution < -0.4 is 16.0 Å². The molecule has 0 spiro atoms. The molecule has 0 radical (unpaired) electrons. The number of fused-ring (bicyclic) bond motifs is 1. The molecule has 12 nitrogen and oxygen atoms in total. The van der Waals surface area contributed by atoms with Gasteiger partial charge in [0.25, 0.3) is 5.91 Å². The van der Waals surface area contributed by atoms with Crippen LogP contribution in [0.1, 0.15) is 68.1 Å². The normalized spacial score (nSPS) is 19.2. The van der Waals surface area contributed by atoms with Gasteiger partial charge in [-0.2, -0.15) is 0 Å². The fourth-order valence-corrected chi connectivity index (χ4v) is 5.98. The molecule has 2 aliphatic heterocycles. The van der Waals surface area contributed by atoms with Crippen LogP contribution in [0.5, 0.6) is 0 Å². The predicted octanol–water partition coefficient (Wildman–Crippen LogP) is 2.93. The molecule has 2 aromatic rings. The monoisotopic (exact) mass is 591 g/mol. The second kappa shape index (κ2) is 13.1. The van der Waals surface area contributed by atoms with Crippen molar-refractivity contribution in [2.45, 2.75) is 83.0 Å². The SMILES string of the molecule is CC(C)(C)OC(=O)N1CCC[C@H]1C(=O)CNC1CCN(C(=O)Nc2nccnc2C(=O)NC2Cc3ccccc3C2)CC1. The third kappa shape index (κ3) is 7.67. The molecule has 43 heavy (non-hydrogen) atoms. The molecule has 4 amide bonds. The highest BCUT2D eigenvalue weighted by Gasteiger charge is 2.36. The fourth-order valence-electron chi connectivity index (χ4n) is 5.98. The Morgan fingerprint density at radius 1 is 0.930 bits per heavy atom. The van der Waals surface area contributed by atoms with E-state index in [1.807, 2.05) is 32.9 Å². The molecule has 12 heteroatoms. The summed E-state index contributed by atoms with van der Waals surface area (Å²) >= 11 is 0. The summed E-state index contributed by atoms with van der Waals surface area (Å²) in [6.07, 6.45) is 6.67. The van der Waals surface area contributed by atoms with Crippen LogP contribution in [0.25, 0.3) is 0 Å². The summed E-state index contributed by atoms with van der Waals surface area (Å²) < 4.78 is 5.48. The summed E-state index contributed by atoms with van der Waals surface area (Å²) in [6.45, 7) is 7.07. The average Bonchev–Trinajstić information content (AvgIpc) is 3.63. The maximum Gasteiger partial charge on any atom is 0.410 e. The van der Waals surface area contributed by atoms with Crippen LogP contribution >= 0.6 is 0 Å². The Labute approximate surface area is 252 Å². The summed E-state index contributed by atoms with van der Waals surface area (Å²) in [5, 5.41) is 9.12. The molecule has 1 aromatic heterocycles. The molecule has 2 saturated heterocycles. The average molecular weight is 592 g/mol. The van der Waals surface area contributed by atoms with Gasteiger partial charge in [-0.1, -0.05) is 24.3 Å². The number of Topliss-reactive ketones (excluding diaryl/α,β-unsaturated/α-hetero) is 1. The number of hydrogen-bond acceptors (Lipinski definition) is 8. The molecule has 230 valence electrons. The minimum absolute atomic E-state index is 0.0292. The first-order valence-corrected chi connectivity index (χ1v) is 15.1. The van der Waals surface area contributed by atoms with Crippen molar-refractivity contribution in [3.8, 4) is 0 Å². The van der Waals surface area contributed by atoms with Crippen LogP contribution in [-0.4, -0.2) is 93.5 Å². The lowest BCUT2D eigenvalue weighted by Crippen LogP contribution is -2.50. The highest BCUT2D eigenvalue weighted by Crippen LogP contribution is 2.23. The van der Waals surface area contributed by atoms with Crippen LogP contribution in [0, 0.1) is 0 Å². The van der Waals surface area contributed by atoms with Gasteiger partial charge in [0, 0.05) is 44.1 Å². The molecule has 1 aliphatic carbocycles. The molecule has 0 saturated carbocycles. The minimum Gasteiger partial charge on any atom is -0.444 e. The summed E-state index contributed by atoms with van der Waals surface area (Å²) in [4.78, 5) is 63.3. The molecule has 0 bridgehead atoms. The zero-order chi connectivity index (χ0) is 30.6. The number of ketones is 1. The van der Waals surface area contributed by atoms with Gasteiger partial charge in [0.2, 0.25) is 0 Å². The number of benzene rings is 1. The Kier molecular flexibility index (Phi) is 9.24. The van der Waals surface area contributed by atoms with Gasteiger partial charge in [-0.3, -0.25) is 19.8 Å². The molecule has 3 heterocycles. The molecule has 3 N–H and O–H groups in total. The fraction of sp³-hybridized carbons (Fsp3) is 0.548. The van der Waals surface area contributed by atoms with Gasteiger partial charge in [0.15, 0.2) is 17.3 Å². The smallest absolute Gasteiger partial charge is 0.410 e. The zero-order valence-corrected chi connectivity index (χ0v) is 25.1. The number of piperidine rings is 1. The lowest BCUT2D eigenvalue weighted by molar-refractivity contribution is -0.122. The van der Waals surface area contributed by atoms with Gasteiger partial charge in [-0.15, -0.1) is 0 Å². The first-order valence-electron chi connectivity index (χ1n) is 15.1. The second-order valence-corrected chi connectivity index (χ2v) is 12.5. The van der Waals surface area contributed by atoms with Crippen LogP contribution in [0.2, 0.25) is 0 Å². The van der Waals surface area contributed by atoms with Crippen molar-refractivity contribution in [3.05, 3.63) is 53.5 Å². The highest BCUT2D eigenvalue weighted by atomic mass is 16.6. The lowest BCUT2D eigenvalue weighted by Gasteiger charge is -2.33. The number of urea groups is 1. The van der Waals surface area contributed by atoms with Crippen LogP contribution in [0.4, 0.5) is 15.4 Å². The number of carbonyl (C=O) groups is 4. The molecule has 5 rings (SSSR count). The Bertz CT molecular complexity index is 1330. The lowest BCUT2D eigenvalue weighted by atomic mass is 10.0. The van der Waals surface area contributed by atoms with E-state index in [1.54, 1.807) is 4.90 Å². The van der Waals surface area contributed by atoms with Crippen LogP contribution in [0.3, 0.4) is 0 Å². The van der Waals surface area contributed by atoms with Crippen molar-refractivity contribution in [2.75, 3.05) is 31.5 Å². The van der Waals surface area contributed by atoms with Crippen molar-refractivity contribution in [1.82, 2.24) is 30.4 Å². The van der Waals surface area contributed by atoms with E-state index in [-0.39, 0.29) is 47.9 Å². The van der Waals surface area contributed by atoms with Gasteiger partial charge < -0.3 is 20.3 Å². The third-order valence-electron chi connectivity index (χ3n) is 8.12. The summed E-state index contributed by atoms with van der Waals surface area (Å²) in [5.74, 6) is -0.280. The van der Waals surface area contributed by atoms with E-state index < -0.39 is 17.7 Å². The summed E-state index contributed by atoms with van der Waals surface area (Å²) in [6, 6.07) is 7.34. The van der Waals surface area contributed by atoms with Gasteiger partial charge in [0.05, 0.1) is 12.6 Å². The van der Waals surface area contributed by atoms with Crippen molar-refractivity contribution < 1.29 is 23.9 Å². The summed E-state index contributed by atoms with van der Waals surface area (Å²) in [5.41, 5.74) is 1.91. The first-order chi connectivity index (χ1) is 20.6. The van der Waals surface area contributed by atoms with Crippen molar-refractivity contribution in [1.29, 1.82) is 0 Å². The van der Waals surface area contributed by atoms with Gasteiger partial charge in [-0.05, 0) is 70.4 Å². The maximum absolute atomic E-state index is 13.1. The second-order valence-electron chi connectivity index (χ2n) is 12.5. The Morgan fingerprint density at radius 2 is 1.60 bits per heavy atom. The number of hydrogen-bond donors (Lipinski definition) is 3. The minimum atomic E-state index is -0.616. The summed E-state index contributed by atoms with van der Waals surface area (Å²) in [7, 11) is 0. The van der Waals surface area contributed by atoms with Gasteiger partial charge in [-0.25, -0.2) is 19.6 Å². The highest BCUT2D eigenvalue weighted by molar-refractivity contribution is 6.00. The van der Waals surface area contributed by atoms with E-state index in [2.05, 4.69) is 38.1 Å². The standard InChI is InChI=1S/C31H41N7O5/c1-31(2,3)43-30(42)38-14-6-9-24(38)25(39)19-34-22-10-15-37(16-11-22)29(41)36-27-26(32-12-13-33-27)28(40)35-23-17-20-7-4-5-8-21(20)18-23/h4-5,7-8,12-13,22-24,34H,6,9-11,14-19H2,1-3H3,(H,35,40)(H,33,36,41)/t24-/m0/s1. The number of likely N-dealkylation sites (tertiary alicyclic amines) is 2. The predicted molar refractivity (Wildman–Crippen MR) is 160 cm³/mol. The molecule has 1 aromatic carbocycles. The molecular weight excluding hydrogens is 550 g/mol. The van der Waals surface area contributed by atoms with Crippen molar-refractivity contribution in [2.24, 2.45) is 0 Å². The number of ether oxygens (including phenoxy) is 1. The van der Waals surface area contributed by atoms with Gasteiger partial charge in [0.1, 0.15) is 5.60 Å². The maximum atomic E-state index is 13.1. The van der Waals surface area contributed by atoms with Crippen molar-refractivity contribution >= 4 is 29.6 Å². The number of rotatable bonds is 7. The van der Waals surface area contributed by atoms with E-state index >= 15 is 0 Å². The number of carbonyl (C=O) groups excluding carboxylic acids is 4. The first kappa shape index (κ1) is 30.4. The Morgan fingerprint density at radius 3 is 2.28 bits per heavy atom. The largest absolute Gasteiger partial charge is 0.444 e. The Hall–Kier alpha value is -4.06. The van der Waals surface area contributed by atoms with Crippen LogP contribution in [0.15, 0.2) is 36.7 Å². The van der Waals surface area contributed by atoms with E-state index in [0.717, 1.165) is 19.3 Å². The number of amides is 4. The number of aromatic nitrogens is 2.